The maximum atomic E-state index is 12.2. The third kappa shape index (κ3) is 1.79. The molecule has 0 saturated carbocycles. The minimum atomic E-state index is -0.117. The van der Waals surface area contributed by atoms with Crippen molar-refractivity contribution in [3.63, 3.8) is 0 Å². The van der Waals surface area contributed by atoms with Gasteiger partial charge >= 0.3 is 0 Å². The minimum Gasteiger partial charge on any atom is -0.399 e. The van der Waals surface area contributed by atoms with Crippen LogP contribution in [-0.4, -0.2) is 15.9 Å². The first-order valence-corrected chi connectivity index (χ1v) is 6.57. The lowest BCUT2D eigenvalue weighted by atomic mass is 10.0. The molecule has 0 aliphatic carbocycles. The van der Waals surface area contributed by atoms with Gasteiger partial charge in [0.1, 0.15) is 5.65 Å². The Kier molecular flexibility index (Phi) is 2.35. The summed E-state index contributed by atoms with van der Waals surface area (Å²) in [6.45, 7) is 0. The molecule has 0 fully saturated rings. The number of amides is 1. The van der Waals surface area contributed by atoms with Crippen LogP contribution >= 0.6 is 0 Å². The Labute approximate surface area is 120 Å². The molecule has 1 aromatic carbocycles. The van der Waals surface area contributed by atoms with Crippen molar-refractivity contribution in [1.29, 1.82) is 0 Å². The highest BCUT2D eigenvalue weighted by Gasteiger charge is 2.24. The number of pyridine rings is 1. The number of carbonyl (C=O) groups excluding carboxylic acids is 1. The molecule has 1 aliphatic heterocycles. The first-order valence-electron chi connectivity index (χ1n) is 6.57. The molecule has 5 nitrogen and oxygen atoms in total. The summed E-state index contributed by atoms with van der Waals surface area (Å²) in [6, 6.07) is 9.25. The van der Waals surface area contributed by atoms with Crippen LogP contribution in [0.25, 0.3) is 22.7 Å². The standard InChI is InChI=1S/C16H12N4O/c17-10-3-4-14-12(7-10)13(16(21)20-14)6-9-8-19-15-11(9)2-1-5-18-15/h1-8H,17H2,(H,18,19)(H,20,21)/b13-6-. The Morgan fingerprint density at radius 2 is 2.14 bits per heavy atom. The number of anilines is 2. The molecular formula is C16H12N4O. The van der Waals surface area contributed by atoms with Crippen LogP contribution in [0.5, 0.6) is 0 Å². The largest absolute Gasteiger partial charge is 0.399 e. The second-order valence-electron chi connectivity index (χ2n) is 4.96. The van der Waals surface area contributed by atoms with Crippen molar-refractivity contribution < 1.29 is 4.79 Å². The number of H-pyrrole nitrogens is 1. The number of carbonyl (C=O) groups is 1. The molecular weight excluding hydrogens is 264 g/mol. The number of nitrogens with zero attached hydrogens (tertiary/aromatic N) is 1. The molecule has 0 spiro atoms. The normalized spacial score (nSPS) is 15.4. The molecule has 5 heteroatoms. The molecule has 21 heavy (non-hydrogen) atoms. The van der Waals surface area contributed by atoms with Crippen molar-refractivity contribution in [2.75, 3.05) is 11.1 Å². The molecule has 0 atom stereocenters. The van der Waals surface area contributed by atoms with E-state index in [-0.39, 0.29) is 5.91 Å². The Balaban J connectivity index is 1.90. The maximum absolute atomic E-state index is 12.2. The van der Waals surface area contributed by atoms with E-state index in [1.807, 2.05) is 36.5 Å². The second kappa shape index (κ2) is 4.21. The van der Waals surface area contributed by atoms with E-state index in [2.05, 4.69) is 15.3 Å². The number of hydrogen-bond acceptors (Lipinski definition) is 3. The summed E-state index contributed by atoms with van der Waals surface area (Å²) in [4.78, 5) is 19.5. The number of aromatic nitrogens is 2. The zero-order valence-electron chi connectivity index (χ0n) is 11.1. The molecule has 3 aromatic rings. The first-order chi connectivity index (χ1) is 10.2. The van der Waals surface area contributed by atoms with Crippen LogP contribution in [0.3, 0.4) is 0 Å². The molecule has 0 unspecified atom stereocenters. The van der Waals surface area contributed by atoms with E-state index in [4.69, 9.17) is 5.73 Å². The summed E-state index contributed by atoms with van der Waals surface area (Å²) in [5, 5.41) is 3.83. The fourth-order valence-corrected chi connectivity index (χ4v) is 2.60. The topological polar surface area (TPSA) is 83.8 Å². The average Bonchev–Trinajstić information content (AvgIpc) is 3.02. The summed E-state index contributed by atoms with van der Waals surface area (Å²) >= 11 is 0. The van der Waals surface area contributed by atoms with Crippen molar-refractivity contribution >= 4 is 40.0 Å². The predicted octanol–water partition coefficient (Wildman–Crippen LogP) is 2.64. The number of nitrogens with two attached hydrogens (primary N) is 1. The van der Waals surface area contributed by atoms with Crippen molar-refractivity contribution in [2.45, 2.75) is 0 Å². The van der Waals surface area contributed by atoms with Crippen molar-refractivity contribution in [1.82, 2.24) is 9.97 Å². The third-order valence-electron chi connectivity index (χ3n) is 3.61. The molecule has 2 aromatic heterocycles. The zero-order valence-corrected chi connectivity index (χ0v) is 11.1. The second-order valence-corrected chi connectivity index (χ2v) is 4.96. The van der Waals surface area contributed by atoms with E-state index in [9.17, 15) is 4.79 Å². The van der Waals surface area contributed by atoms with E-state index in [0.717, 1.165) is 27.8 Å². The Morgan fingerprint density at radius 1 is 1.24 bits per heavy atom. The third-order valence-corrected chi connectivity index (χ3v) is 3.61. The van der Waals surface area contributed by atoms with Gasteiger partial charge in [0.05, 0.1) is 0 Å². The van der Waals surface area contributed by atoms with Gasteiger partial charge in [0.15, 0.2) is 0 Å². The van der Waals surface area contributed by atoms with Crippen molar-refractivity contribution in [3.05, 3.63) is 53.9 Å². The summed E-state index contributed by atoms with van der Waals surface area (Å²) < 4.78 is 0. The fraction of sp³-hybridized carbons (Fsp3) is 0. The quantitative estimate of drug-likeness (QED) is 0.472. The van der Waals surface area contributed by atoms with Gasteiger partial charge in [-0.2, -0.15) is 0 Å². The lowest BCUT2D eigenvalue weighted by Gasteiger charge is -2.00. The van der Waals surface area contributed by atoms with E-state index in [1.54, 1.807) is 12.3 Å². The van der Waals surface area contributed by atoms with Gasteiger partial charge in [-0.3, -0.25) is 4.79 Å². The van der Waals surface area contributed by atoms with Gasteiger partial charge in [-0.1, -0.05) is 0 Å². The SMILES string of the molecule is Nc1ccc2c(c1)/C(=C/c1c[nH]c3ncccc13)C(=O)N2. The van der Waals surface area contributed by atoms with E-state index in [1.165, 1.54) is 0 Å². The number of rotatable bonds is 1. The highest BCUT2D eigenvalue weighted by atomic mass is 16.2. The van der Waals surface area contributed by atoms with Crippen LogP contribution in [0.15, 0.2) is 42.7 Å². The van der Waals surface area contributed by atoms with Gasteiger partial charge in [0.2, 0.25) is 0 Å². The van der Waals surface area contributed by atoms with E-state index < -0.39 is 0 Å². The molecule has 1 aliphatic rings. The number of aromatic amines is 1. The van der Waals surface area contributed by atoms with Gasteiger partial charge in [-0.15, -0.1) is 0 Å². The van der Waals surface area contributed by atoms with Crippen LogP contribution in [0.2, 0.25) is 0 Å². The summed E-state index contributed by atoms with van der Waals surface area (Å²) in [5.74, 6) is -0.117. The summed E-state index contributed by atoms with van der Waals surface area (Å²) in [5.41, 5.74) is 10.4. The minimum absolute atomic E-state index is 0.117. The van der Waals surface area contributed by atoms with Crippen molar-refractivity contribution in [2.24, 2.45) is 0 Å². The van der Waals surface area contributed by atoms with Crippen LogP contribution in [0.4, 0.5) is 11.4 Å². The van der Waals surface area contributed by atoms with Crippen LogP contribution < -0.4 is 11.1 Å². The van der Waals surface area contributed by atoms with Crippen molar-refractivity contribution in [3.8, 4) is 0 Å². The average molecular weight is 276 g/mol. The highest BCUT2D eigenvalue weighted by molar-refractivity contribution is 6.35. The van der Waals surface area contributed by atoms with E-state index in [0.29, 0.717) is 11.3 Å². The lowest BCUT2D eigenvalue weighted by Crippen LogP contribution is -2.03. The number of nitrogen functional groups attached to an aromatic ring is 1. The van der Waals surface area contributed by atoms with Gasteiger partial charge in [-0.25, -0.2) is 4.98 Å². The molecule has 102 valence electrons. The smallest absolute Gasteiger partial charge is 0.256 e. The molecule has 0 radical (unpaired) electrons. The molecule has 4 rings (SSSR count). The van der Waals surface area contributed by atoms with E-state index >= 15 is 0 Å². The molecule has 0 bridgehead atoms. The zero-order chi connectivity index (χ0) is 14.4. The number of hydrogen-bond donors (Lipinski definition) is 3. The maximum Gasteiger partial charge on any atom is 0.256 e. The van der Waals surface area contributed by atoms with Crippen LogP contribution in [-0.2, 0) is 4.79 Å². The molecule has 4 N–H and O–H groups in total. The van der Waals surface area contributed by atoms with Crippen LogP contribution in [0, 0.1) is 0 Å². The monoisotopic (exact) mass is 276 g/mol. The lowest BCUT2D eigenvalue weighted by molar-refractivity contribution is -0.110. The molecule has 3 heterocycles. The summed E-state index contributed by atoms with van der Waals surface area (Å²) in [6.07, 6.45) is 5.44. The number of nitrogens with one attached hydrogen (secondary N) is 2. The summed E-state index contributed by atoms with van der Waals surface area (Å²) in [7, 11) is 0. The van der Waals surface area contributed by atoms with Gasteiger partial charge in [0, 0.05) is 45.9 Å². The fourth-order valence-electron chi connectivity index (χ4n) is 2.60. The Bertz CT molecular complexity index is 908. The number of benzene rings is 1. The predicted molar refractivity (Wildman–Crippen MR) is 83.4 cm³/mol. The molecule has 0 saturated heterocycles. The van der Waals surface area contributed by atoms with Gasteiger partial charge in [-0.05, 0) is 36.4 Å². The van der Waals surface area contributed by atoms with Crippen LogP contribution in [0.1, 0.15) is 11.1 Å². The molecule has 1 amide bonds. The highest BCUT2D eigenvalue weighted by Crippen LogP contribution is 2.35. The Morgan fingerprint density at radius 3 is 3.05 bits per heavy atom. The Hall–Kier alpha value is -3.08. The first kappa shape index (κ1) is 11.7. The van der Waals surface area contributed by atoms with Gasteiger partial charge < -0.3 is 16.0 Å². The van der Waals surface area contributed by atoms with Gasteiger partial charge in [0.25, 0.3) is 5.91 Å². The number of fused-ring (bicyclic) bond motifs is 2.